The third-order valence-corrected chi connectivity index (χ3v) is 6.83. The molecule has 1 unspecified atom stereocenters. The van der Waals surface area contributed by atoms with Crippen LogP contribution in [0.5, 0.6) is 0 Å². The van der Waals surface area contributed by atoms with Crippen molar-refractivity contribution in [3.63, 3.8) is 0 Å². The maximum absolute atomic E-state index is 11.6. The third kappa shape index (κ3) is 3.24. The Morgan fingerprint density at radius 1 is 1.35 bits per heavy atom. The van der Waals surface area contributed by atoms with E-state index in [-0.39, 0.29) is 0 Å². The van der Waals surface area contributed by atoms with E-state index >= 15 is 0 Å². The van der Waals surface area contributed by atoms with E-state index in [1.165, 1.54) is 38.4 Å². The molecule has 1 saturated heterocycles. The molecule has 1 heterocycles. The van der Waals surface area contributed by atoms with Crippen LogP contribution in [0.15, 0.2) is 0 Å². The molecule has 2 rings (SSSR count). The van der Waals surface area contributed by atoms with Crippen LogP contribution in [0.2, 0.25) is 0 Å². The van der Waals surface area contributed by atoms with Gasteiger partial charge in [0.2, 0.25) is 10.0 Å². The zero-order valence-electron chi connectivity index (χ0n) is 10.5. The number of rotatable bonds is 4. The molecule has 1 saturated carbocycles. The Labute approximate surface area is 113 Å². The predicted molar refractivity (Wildman–Crippen MR) is 73.8 cm³/mol. The van der Waals surface area contributed by atoms with Crippen LogP contribution in [0.25, 0.3) is 0 Å². The van der Waals surface area contributed by atoms with Gasteiger partial charge in [0, 0.05) is 18.4 Å². The average molecular weight is 324 g/mol. The molecule has 5 heteroatoms. The SMILES string of the molecule is CS(=O)(=O)N1CCCC(CC2(CBr)CCC2)C1. The summed E-state index contributed by atoms with van der Waals surface area (Å²) in [6.07, 6.45) is 8.72. The highest BCUT2D eigenvalue weighted by atomic mass is 79.9. The van der Waals surface area contributed by atoms with Gasteiger partial charge in [-0.25, -0.2) is 12.7 Å². The molecule has 17 heavy (non-hydrogen) atoms. The predicted octanol–water partition coefficient (Wildman–Crippen LogP) is 2.61. The second kappa shape index (κ2) is 5.17. The Kier molecular flexibility index (Phi) is 4.20. The molecule has 100 valence electrons. The van der Waals surface area contributed by atoms with Crippen LogP contribution in [0.3, 0.4) is 0 Å². The quantitative estimate of drug-likeness (QED) is 0.746. The Balaban J connectivity index is 1.94. The van der Waals surface area contributed by atoms with E-state index in [1.807, 2.05) is 0 Å². The minimum Gasteiger partial charge on any atom is -0.213 e. The normalized spacial score (nSPS) is 29.9. The van der Waals surface area contributed by atoms with Crippen LogP contribution >= 0.6 is 15.9 Å². The van der Waals surface area contributed by atoms with Gasteiger partial charge in [0.1, 0.15) is 0 Å². The summed E-state index contributed by atoms with van der Waals surface area (Å²) in [6, 6.07) is 0. The Morgan fingerprint density at radius 2 is 2.06 bits per heavy atom. The number of alkyl halides is 1. The zero-order valence-corrected chi connectivity index (χ0v) is 12.9. The fourth-order valence-corrected chi connectivity index (χ4v) is 4.91. The molecule has 0 amide bonds. The van der Waals surface area contributed by atoms with E-state index in [4.69, 9.17) is 0 Å². The number of piperidine rings is 1. The van der Waals surface area contributed by atoms with Crippen LogP contribution in [0, 0.1) is 11.3 Å². The largest absolute Gasteiger partial charge is 0.213 e. The van der Waals surface area contributed by atoms with E-state index in [0.29, 0.717) is 11.3 Å². The van der Waals surface area contributed by atoms with Crippen molar-refractivity contribution in [2.75, 3.05) is 24.7 Å². The van der Waals surface area contributed by atoms with Gasteiger partial charge in [-0.3, -0.25) is 0 Å². The smallest absolute Gasteiger partial charge is 0.211 e. The highest BCUT2D eigenvalue weighted by molar-refractivity contribution is 9.09. The van der Waals surface area contributed by atoms with Crippen LogP contribution < -0.4 is 0 Å². The molecule has 0 aromatic carbocycles. The summed E-state index contributed by atoms with van der Waals surface area (Å²) in [5.74, 6) is 0.566. The zero-order chi connectivity index (χ0) is 12.5. The highest BCUT2D eigenvalue weighted by Crippen LogP contribution is 2.48. The maximum atomic E-state index is 11.6. The Bertz CT molecular complexity index is 359. The summed E-state index contributed by atoms with van der Waals surface area (Å²) in [4.78, 5) is 0. The molecule has 1 atom stereocenters. The molecule has 2 fully saturated rings. The van der Waals surface area contributed by atoms with E-state index in [9.17, 15) is 8.42 Å². The lowest BCUT2D eigenvalue weighted by Crippen LogP contribution is -2.42. The van der Waals surface area contributed by atoms with Gasteiger partial charge in [0.25, 0.3) is 0 Å². The van der Waals surface area contributed by atoms with Gasteiger partial charge in [-0.05, 0) is 43.4 Å². The lowest BCUT2D eigenvalue weighted by molar-refractivity contribution is 0.102. The monoisotopic (exact) mass is 323 g/mol. The first-order valence-corrected chi connectivity index (χ1v) is 9.43. The van der Waals surface area contributed by atoms with Crippen molar-refractivity contribution in [3.8, 4) is 0 Å². The second-order valence-electron chi connectivity index (χ2n) is 5.82. The molecule has 2 aliphatic rings. The summed E-state index contributed by atoms with van der Waals surface area (Å²) in [5, 5.41) is 1.08. The fraction of sp³-hybridized carbons (Fsp3) is 1.00. The Morgan fingerprint density at radius 3 is 2.53 bits per heavy atom. The van der Waals surface area contributed by atoms with Crippen molar-refractivity contribution < 1.29 is 8.42 Å². The minimum atomic E-state index is -2.99. The van der Waals surface area contributed by atoms with Gasteiger partial charge in [0.15, 0.2) is 0 Å². The third-order valence-electron chi connectivity index (χ3n) is 4.37. The molecule has 0 N–H and O–H groups in total. The van der Waals surface area contributed by atoms with Gasteiger partial charge in [-0.2, -0.15) is 0 Å². The molecule has 1 aliphatic carbocycles. The summed E-state index contributed by atoms with van der Waals surface area (Å²) in [7, 11) is -2.99. The van der Waals surface area contributed by atoms with Crippen molar-refractivity contribution in [2.45, 2.75) is 38.5 Å². The van der Waals surface area contributed by atoms with Crippen molar-refractivity contribution in [1.82, 2.24) is 4.31 Å². The van der Waals surface area contributed by atoms with Crippen molar-refractivity contribution in [1.29, 1.82) is 0 Å². The first kappa shape index (κ1) is 13.8. The molecule has 0 bridgehead atoms. The topological polar surface area (TPSA) is 37.4 Å². The van der Waals surface area contributed by atoms with E-state index in [2.05, 4.69) is 15.9 Å². The average Bonchev–Trinajstić information content (AvgIpc) is 2.23. The number of halogens is 1. The van der Waals surface area contributed by atoms with E-state index in [0.717, 1.165) is 24.8 Å². The van der Waals surface area contributed by atoms with Crippen molar-refractivity contribution in [3.05, 3.63) is 0 Å². The van der Waals surface area contributed by atoms with E-state index in [1.54, 1.807) is 4.31 Å². The molecule has 3 nitrogen and oxygen atoms in total. The highest BCUT2D eigenvalue weighted by Gasteiger charge is 2.39. The molecule has 0 radical (unpaired) electrons. The number of hydrogen-bond acceptors (Lipinski definition) is 2. The van der Waals surface area contributed by atoms with Crippen LogP contribution in [-0.2, 0) is 10.0 Å². The lowest BCUT2D eigenvalue weighted by atomic mass is 9.65. The molecular formula is C12H22BrNO2S. The second-order valence-corrected chi connectivity index (χ2v) is 8.36. The first-order valence-electron chi connectivity index (χ1n) is 6.46. The number of nitrogens with zero attached hydrogens (tertiary/aromatic N) is 1. The lowest BCUT2D eigenvalue weighted by Gasteiger charge is -2.44. The standard InChI is InChI=1S/C12H22BrNO2S/c1-17(15,16)14-7-2-4-11(9-14)8-12(10-13)5-3-6-12/h11H,2-10H2,1H3. The van der Waals surface area contributed by atoms with Crippen LogP contribution in [0.4, 0.5) is 0 Å². The molecule has 0 aromatic rings. The van der Waals surface area contributed by atoms with Gasteiger partial charge >= 0.3 is 0 Å². The summed E-state index contributed by atoms with van der Waals surface area (Å²) in [6.45, 7) is 1.46. The fourth-order valence-electron chi connectivity index (χ4n) is 3.18. The summed E-state index contributed by atoms with van der Waals surface area (Å²) >= 11 is 3.63. The molecular weight excluding hydrogens is 302 g/mol. The number of hydrogen-bond donors (Lipinski definition) is 0. The molecule has 0 aromatic heterocycles. The van der Waals surface area contributed by atoms with Gasteiger partial charge < -0.3 is 0 Å². The summed E-state index contributed by atoms with van der Waals surface area (Å²) in [5.41, 5.74) is 0.477. The van der Waals surface area contributed by atoms with Gasteiger partial charge in [0.05, 0.1) is 6.26 Å². The van der Waals surface area contributed by atoms with Crippen molar-refractivity contribution in [2.24, 2.45) is 11.3 Å². The van der Waals surface area contributed by atoms with Crippen LogP contribution in [-0.4, -0.2) is 37.4 Å². The summed E-state index contributed by atoms with van der Waals surface area (Å²) < 4.78 is 24.8. The number of sulfonamides is 1. The Hall–Kier alpha value is 0.390. The molecule has 1 aliphatic heterocycles. The van der Waals surface area contributed by atoms with E-state index < -0.39 is 10.0 Å². The van der Waals surface area contributed by atoms with Crippen LogP contribution in [0.1, 0.15) is 38.5 Å². The first-order chi connectivity index (χ1) is 7.95. The molecule has 0 spiro atoms. The van der Waals surface area contributed by atoms with Gasteiger partial charge in [-0.15, -0.1) is 0 Å². The van der Waals surface area contributed by atoms with Gasteiger partial charge in [-0.1, -0.05) is 22.4 Å². The van der Waals surface area contributed by atoms with Crippen molar-refractivity contribution >= 4 is 26.0 Å². The maximum Gasteiger partial charge on any atom is 0.211 e. The minimum absolute atomic E-state index is 0.477.